The van der Waals surface area contributed by atoms with E-state index < -0.39 is 32.9 Å². The van der Waals surface area contributed by atoms with Crippen molar-refractivity contribution in [3.8, 4) is 5.75 Å². The average Bonchev–Trinajstić information content (AvgIpc) is 2.63. The molecule has 1 N–H and O–H groups in total. The van der Waals surface area contributed by atoms with E-state index in [4.69, 9.17) is 39.2 Å². The molecule has 0 aliphatic heterocycles. The highest BCUT2D eigenvalue weighted by molar-refractivity contribution is 7.88. The van der Waals surface area contributed by atoms with Crippen molar-refractivity contribution >= 4 is 67.5 Å². The third-order valence-corrected chi connectivity index (χ3v) is 5.71. The highest BCUT2D eigenvalue weighted by Gasteiger charge is 2.48. The first kappa shape index (κ1) is 24.2. The van der Waals surface area contributed by atoms with Gasteiger partial charge in [0.05, 0.1) is 22.2 Å². The van der Waals surface area contributed by atoms with Crippen LogP contribution in [0.25, 0.3) is 11.0 Å². The van der Waals surface area contributed by atoms with Gasteiger partial charge in [-0.3, -0.25) is 4.79 Å². The van der Waals surface area contributed by atoms with Gasteiger partial charge in [0.2, 0.25) is 5.91 Å². The number of nitrogens with one attached hydrogen (secondary N) is 1. The van der Waals surface area contributed by atoms with Gasteiger partial charge in [-0.15, -0.1) is 0 Å². The largest absolute Gasteiger partial charge is 0.534 e. The van der Waals surface area contributed by atoms with Crippen molar-refractivity contribution in [2.45, 2.75) is 11.9 Å². The third kappa shape index (κ3) is 5.29. The fourth-order valence-corrected chi connectivity index (χ4v) is 3.96. The molecule has 0 saturated carbocycles. The SMILES string of the molecule is O=C(Cc1cc(=O)oc2cc(OS(=O)(=O)C(F)(F)F)ccc12)Nc1c(Cl)cc(Cl)cc1Cl. The maximum Gasteiger partial charge on any atom is 0.534 e. The van der Waals surface area contributed by atoms with E-state index in [-0.39, 0.29) is 43.7 Å². The van der Waals surface area contributed by atoms with Crippen LogP contribution in [0.2, 0.25) is 15.1 Å². The number of carbonyl (C=O) groups is 1. The van der Waals surface area contributed by atoms with Gasteiger partial charge in [-0.25, -0.2) is 4.79 Å². The average molecular weight is 531 g/mol. The second-order valence-corrected chi connectivity index (χ2v) is 8.99. The van der Waals surface area contributed by atoms with Crippen LogP contribution in [0.15, 0.2) is 45.6 Å². The monoisotopic (exact) mass is 529 g/mol. The molecule has 2 aromatic carbocycles. The molecule has 3 aromatic rings. The number of alkyl halides is 3. The van der Waals surface area contributed by atoms with E-state index in [2.05, 4.69) is 9.50 Å². The lowest BCUT2D eigenvalue weighted by Crippen LogP contribution is -2.28. The number of anilines is 1. The highest BCUT2D eigenvalue weighted by Crippen LogP contribution is 2.34. The fourth-order valence-electron chi connectivity index (χ4n) is 2.60. The molecule has 0 aliphatic carbocycles. The third-order valence-electron chi connectivity index (χ3n) is 3.91. The molecule has 0 saturated heterocycles. The Morgan fingerprint density at radius 3 is 2.28 bits per heavy atom. The maximum absolute atomic E-state index is 12.5. The molecule has 0 aliphatic rings. The molecular formula is C18H9Cl3F3NO6S. The molecule has 7 nitrogen and oxygen atoms in total. The number of carbonyl (C=O) groups excluding carboxylic acids is 1. The summed E-state index contributed by atoms with van der Waals surface area (Å²) in [7, 11) is -5.92. The summed E-state index contributed by atoms with van der Waals surface area (Å²) in [5.41, 5.74) is -6.65. The number of rotatable bonds is 5. The summed E-state index contributed by atoms with van der Waals surface area (Å²) in [6.07, 6.45) is -0.377. The van der Waals surface area contributed by atoms with Gasteiger partial charge in [0.15, 0.2) is 0 Å². The van der Waals surface area contributed by atoms with Gasteiger partial charge in [-0.05, 0) is 29.8 Å². The van der Waals surface area contributed by atoms with Gasteiger partial charge in [-0.2, -0.15) is 21.6 Å². The van der Waals surface area contributed by atoms with Gasteiger partial charge >= 0.3 is 21.3 Å². The molecule has 0 spiro atoms. The zero-order chi connectivity index (χ0) is 23.8. The first-order valence-corrected chi connectivity index (χ1v) is 10.8. The molecule has 0 atom stereocenters. The van der Waals surface area contributed by atoms with E-state index >= 15 is 0 Å². The van der Waals surface area contributed by atoms with Gasteiger partial charge in [0.1, 0.15) is 11.3 Å². The van der Waals surface area contributed by atoms with Gasteiger partial charge in [0.25, 0.3) is 0 Å². The first-order valence-electron chi connectivity index (χ1n) is 8.29. The Morgan fingerprint density at radius 1 is 1.06 bits per heavy atom. The zero-order valence-corrected chi connectivity index (χ0v) is 18.4. The van der Waals surface area contributed by atoms with Gasteiger partial charge in [-0.1, -0.05) is 34.8 Å². The van der Waals surface area contributed by atoms with Crippen molar-refractivity contribution in [2.75, 3.05) is 5.32 Å². The van der Waals surface area contributed by atoms with E-state index in [1.165, 1.54) is 12.1 Å². The van der Waals surface area contributed by atoms with E-state index in [0.717, 1.165) is 24.3 Å². The molecule has 32 heavy (non-hydrogen) atoms. The van der Waals surface area contributed by atoms with E-state index in [1.54, 1.807) is 0 Å². The number of hydrogen-bond donors (Lipinski definition) is 1. The summed E-state index contributed by atoms with van der Waals surface area (Å²) in [6, 6.07) is 6.56. The van der Waals surface area contributed by atoms with Crippen LogP contribution in [0, 0.1) is 0 Å². The minimum Gasteiger partial charge on any atom is -0.423 e. The number of amides is 1. The predicted molar refractivity (Wildman–Crippen MR) is 112 cm³/mol. The number of hydrogen-bond acceptors (Lipinski definition) is 6. The molecule has 1 aromatic heterocycles. The summed E-state index contributed by atoms with van der Waals surface area (Å²) >= 11 is 17.8. The second-order valence-electron chi connectivity index (χ2n) is 6.20. The second kappa shape index (κ2) is 8.81. The molecular weight excluding hydrogens is 522 g/mol. The van der Waals surface area contributed by atoms with Crippen molar-refractivity contribution in [3.05, 3.63) is 67.4 Å². The van der Waals surface area contributed by atoms with Gasteiger partial charge in [0, 0.05) is 22.5 Å². The molecule has 0 radical (unpaired) electrons. The molecule has 3 rings (SSSR count). The van der Waals surface area contributed by atoms with Crippen LogP contribution in [0.1, 0.15) is 5.56 Å². The van der Waals surface area contributed by atoms with E-state index in [0.29, 0.717) is 0 Å². The van der Waals surface area contributed by atoms with E-state index in [9.17, 15) is 31.2 Å². The summed E-state index contributed by atoms with van der Waals surface area (Å²) in [5, 5.41) is 3.02. The molecule has 1 amide bonds. The van der Waals surface area contributed by atoms with Crippen molar-refractivity contribution in [1.29, 1.82) is 0 Å². The molecule has 1 heterocycles. The summed E-state index contributed by atoms with van der Waals surface area (Å²) in [4.78, 5) is 24.3. The smallest absolute Gasteiger partial charge is 0.423 e. The van der Waals surface area contributed by atoms with Crippen LogP contribution in [-0.2, 0) is 21.3 Å². The quantitative estimate of drug-likeness (QED) is 0.278. The summed E-state index contributed by atoms with van der Waals surface area (Å²) in [5.74, 6) is -1.37. The standard InChI is InChI=1S/C18H9Cl3F3NO6S/c19-9-5-12(20)17(13(21)6-9)25-15(26)3-8-4-16(27)30-14-7-10(1-2-11(8)14)31-32(28,29)18(22,23)24/h1-2,4-7H,3H2,(H,25,26). The lowest BCUT2D eigenvalue weighted by Gasteiger charge is -2.12. The Morgan fingerprint density at radius 2 is 1.69 bits per heavy atom. The summed E-state index contributed by atoms with van der Waals surface area (Å²) in [6.45, 7) is 0. The molecule has 14 heteroatoms. The minimum absolute atomic E-state index is 0.0703. The number of fused-ring (bicyclic) bond motifs is 1. The van der Waals surface area contributed by atoms with Crippen LogP contribution in [-0.4, -0.2) is 19.8 Å². The van der Waals surface area contributed by atoms with Gasteiger partial charge < -0.3 is 13.9 Å². The Kier molecular flexibility index (Phi) is 6.66. The summed E-state index contributed by atoms with van der Waals surface area (Å²) < 4.78 is 68.8. The maximum atomic E-state index is 12.5. The van der Waals surface area contributed by atoms with Crippen molar-refractivity contribution in [1.82, 2.24) is 0 Å². The number of benzene rings is 2. The Bertz CT molecular complexity index is 1370. The number of halogens is 6. The molecule has 0 unspecified atom stereocenters. The lowest BCUT2D eigenvalue weighted by atomic mass is 10.1. The first-order chi connectivity index (χ1) is 14.8. The Hall–Kier alpha value is -2.47. The zero-order valence-electron chi connectivity index (χ0n) is 15.3. The van der Waals surface area contributed by atoms with Crippen molar-refractivity contribution < 1.29 is 35.0 Å². The highest BCUT2D eigenvalue weighted by atomic mass is 35.5. The van der Waals surface area contributed by atoms with Crippen molar-refractivity contribution in [2.24, 2.45) is 0 Å². The van der Waals surface area contributed by atoms with Crippen molar-refractivity contribution in [3.63, 3.8) is 0 Å². The molecule has 0 bridgehead atoms. The predicted octanol–water partition coefficient (Wildman–Crippen LogP) is 5.16. The minimum atomic E-state index is -5.92. The lowest BCUT2D eigenvalue weighted by molar-refractivity contribution is -0.115. The Balaban J connectivity index is 1.91. The Labute approximate surface area is 192 Å². The molecule has 0 fully saturated rings. The molecule has 170 valence electrons. The fraction of sp³-hybridized carbons (Fsp3) is 0.111. The van der Waals surface area contributed by atoms with Crippen LogP contribution in [0.4, 0.5) is 18.9 Å². The van der Waals surface area contributed by atoms with Crippen LogP contribution >= 0.6 is 34.8 Å². The normalized spacial score (nSPS) is 12.1. The van der Waals surface area contributed by atoms with E-state index in [1.807, 2.05) is 0 Å². The van der Waals surface area contributed by atoms with Crippen LogP contribution in [0.3, 0.4) is 0 Å². The van der Waals surface area contributed by atoms with Crippen LogP contribution in [0.5, 0.6) is 5.75 Å². The van der Waals surface area contributed by atoms with Crippen LogP contribution < -0.4 is 15.1 Å². The topological polar surface area (TPSA) is 103 Å².